The first kappa shape index (κ1) is 22.5. The van der Waals surface area contributed by atoms with Crippen LogP contribution in [0, 0.1) is 63.6 Å². The third-order valence-corrected chi connectivity index (χ3v) is 11.3. The van der Waals surface area contributed by atoms with E-state index in [2.05, 4.69) is 38.9 Å². The van der Waals surface area contributed by atoms with Gasteiger partial charge in [0.25, 0.3) is 0 Å². The van der Waals surface area contributed by atoms with E-state index in [1.54, 1.807) is 17.1 Å². The Kier molecular flexibility index (Phi) is 5.32. The molecule has 4 fully saturated rings. The molecule has 2 unspecified atom stereocenters. The topological polar surface area (TPSA) is 61.8 Å². The van der Waals surface area contributed by atoms with E-state index in [4.69, 9.17) is 5.26 Å². The van der Waals surface area contributed by atoms with E-state index in [0.717, 1.165) is 41.9 Å². The van der Waals surface area contributed by atoms with Gasteiger partial charge in [-0.1, -0.05) is 27.7 Å². The molecule has 4 aliphatic carbocycles. The van der Waals surface area contributed by atoms with E-state index >= 15 is 0 Å². The van der Waals surface area contributed by atoms with Crippen LogP contribution in [0.3, 0.4) is 0 Å². The molecule has 1 heterocycles. The van der Waals surface area contributed by atoms with Crippen molar-refractivity contribution < 1.29 is 5.11 Å². The number of hydrogen-bond acceptors (Lipinski definition) is 3. The van der Waals surface area contributed by atoms with Crippen molar-refractivity contribution in [2.75, 3.05) is 0 Å². The van der Waals surface area contributed by atoms with Gasteiger partial charge in [0.2, 0.25) is 0 Å². The maximum Gasteiger partial charge on any atom is 0.102 e. The van der Waals surface area contributed by atoms with Gasteiger partial charge in [-0.3, -0.25) is 4.68 Å². The van der Waals surface area contributed by atoms with Gasteiger partial charge in [-0.05, 0) is 111 Å². The van der Waals surface area contributed by atoms with Gasteiger partial charge in [-0.2, -0.15) is 10.4 Å². The SMILES string of the molecule is C[C@@H]1C[C@@H]2C3CC[C@@]4(C)C(CC[C@@H]4[C@](C)(O)Cn4cc(C#N)cn4)[C@@H]3CC[C@]2(C)C[C@H]1C. The van der Waals surface area contributed by atoms with Crippen molar-refractivity contribution in [1.82, 2.24) is 9.78 Å². The second kappa shape index (κ2) is 7.59. The fraction of sp³-hybridized carbons (Fsp3) is 0.857. The van der Waals surface area contributed by atoms with Crippen molar-refractivity contribution in [3.63, 3.8) is 0 Å². The fourth-order valence-electron chi connectivity index (χ4n) is 9.68. The number of aliphatic hydroxyl groups is 1. The van der Waals surface area contributed by atoms with Crippen LogP contribution in [0.2, 0.25) is 0 Å². The molecule has 1 N–H and O–H groups in total. The minimum absolute atomic E-state index is 0.219. The lowest BCUT2D eigenvalue weighted by Gasteiger charge is -2.61. The fourth-order valence-corrected chi connectivity index (χ4v) is 9.68. The standard InChI is InChI=1S/C28H43N3O/c1-18-12-24-22-9-11-27(4)23(21(22)8-10-26(24,3)13-19(18)2)6-7-25(27)28(5,32)17-31-16-20(14-29)15-30-31/h15-16,18-19,21-25,32H,6-13,17H2,1-5H3/t18-,19-,21-,22?,23?,24-,25+,26-,27+,28-/m1/s1. The molecular formula is C28H43N3O. The lowest BCUT2D eigenvalue weighted by atomic mass is 9.44. The molecule has 0 spiro atoms. The molecule has 0 radical (unpaired) electrons. The monoisotopic (exact) mass is 437 g/mol. The highest BCUT2D eigenvalue weighted by molar-refractivity contribution is 5.22. The van der Waals surface area contributed by atoms with Gasteiger partial charge in [0.05, 0.1) is 23.9 Å². The molecule has 0 saturated heterocycles. The quantitative estimate of drug-likeness (QED) is 0.626. The van der Waals surface area contributed by atoms with Gasteiger partial charge in [-0.15, -0.1) is 0 Å². The predicted octanol–water partition coefficient (Wildman–Crippen LogP) is 6.05. The van der Waals surface area contributed by atoms with E-state index in [0.29, 0.717) is 23.4 Å². The summed E-state index contributed by atoms with van der Waals surface area (Å²) in [6.45, 7) is 12.6. The Labute approximate surface area is 194 Å². The Morgan fingerprint density at radius 1 is 1.12 bits per heavy atom. The van der Waals surface area contributed by atoms with Gasteiger partial charge in [0.15, 0.2) is 0 Å². The third kappa shape index (κ3) is 3.37. The summed E-state index contributed by atoms with van der Waals surface area (Å²) in [5.41, 5.74) is 0.547. The molecule has 4 saturated carbocycles. The molecule has 0 aromatic carbocycles. The number of hydrogen-bond donors (Lipinski definition) is 1. The van der Waals surface area contributed by atoms with Crippen molar-refractivity contribution in [1.29, 1.82) is 5.26 Å². The maximum atomic E-state index is 11.7. The molecule has 10 atom stereocenters. The van der Waals surface area contributed by atoms with E-state index in [1.807, 2.05) is 6.92 Å². The molecule has 32 heavy (non-hydrogen) atoms. The van der Waals surface area contributed by atoms with Crippen LogP contribution in [0.15, 0.2) is 12.4 Å². The van der Waals surface area contributed by atoms with Crippen LogP contribution in [0.1, 0.15) is 91.5 Å². The lowest BCUT2D eigenvalue weighted by molar-refractivity contribution is -0.136. The summed E-state index contributed by atoms with van der Waals surface area (Å²) in [5, 5.41) is 25.2. The second-order valence-electron chi connectivity index (χ2n) is 13.2. The Morgan fingerprint density at radius 3 is 2.56 bits per heavy atom. The molecule has 176 valence electrons. The van der Waals surface area contributed by atoms with Crippen LogP contribution in [0.5, 0.6) is 0 Å². The highest BCUT2D eigenvalue weighted by atomic mass is 16.3. The van der Waals surface area contributed by atoms with E-state index < -0.39 is 5.60 Å². The molecule has 4 nitrogen and oxygen atoms in total. The normalized spacial score (nSPS) is 47.6. The smallest absolute Gasteiger partial charge is 0.102 e. The molecule has 4 heteroatoms. The van der Waals surface area contributed by atoms with E-state index in [-0.39, 0.29) is 5.41 Å². The Bertz CT molecular complexity index is 899. The summed E-state index contributed by atoms with van der Waals surface area (Å²) in [6, 6.07) is 2.15. The van der Waals surface area contributed by atoms with Crippen LogP contribution >= 0.6 is 0 Å². The summed E-state index contributed by atoms with van der Waals surface area (Å²) in [4.78, 5) is 0. The number of aromatic nitrogens is 2. The van der Waals surface area contributed by atoms with Gasteiger partial charge in [0, 0.05) is 6.20 Å². The van der Waals surface area contributed by atoms with Crippen LogP contribution in [-0.4, -0.2) is 20.5 Å². The first-order chi connectivity index (χ1) is 15.1. The first-order valence-electron chi connectivity index (χ1n) is 13.2. The Balaban J connectivity index is 1.36. The van der Waals surface area contributed by atoms with Crippen molar-refractivity contribution in [2.45, 2.75) is 98.1 Å². The third-order valence-electron chi connectivity index (χ3n) is 11.3. The second-order valence-corrected chi connectivity index (χ2v) is 13.2. The first-order valence-corrected chi connectivity index (χ1v) is 13.2. The van der Waals surface area contributed by atoms with Crippen molar-refractivity contribution in [3.8, 4) is 6.07 Å². The van der Waals surface area contributed by atoms with Gasteiger partial charge in [-0.25, -0.2) is 0 Å². The molecular weight excluding hydrogens is 394 g/mol. The average molecular weight is 438 g/mol. The average Bonchev–Trinajstić information content (AvgIpc) is 3.32. The minimum atomic E-state index is -0.799. The summed E-state index contributed by atoms with van der Waals surface area (Å²) >= 11 is 0. The molecule has 4 aliphatic rings. The predicted molar refractivity (Wildman–Crippen MR) is 126 cm³/mol. The van der Waals surface area contributed by atoms with Gasteiger partial charge >= 0.3 is 0 Å². The largest absolute Gasteiger partial charge is 0.388 e. The molecule has 1 aromatic heterocycles. The van der Waals surface area contributed by atoms with Gasteiger partial charge < -0.3 is 5.11 Å². The summed E-state index contributed by atoms with van der Waals surface area (Å²) < 4.78 is 1.78. The molecule has 5 rings (SSSR count). The van der Waals surface area contributed by atoms with Crippen molar-refractivity contribution in [2.24, 2.45) is 52.3 Å². The number of nitriles is 1. The van der Waals surface area contributed by atoms with Crippen LogP contribution < -0.4 is 0 Å². The van der Waals surface area contributed by atoms with Crippen molar-refractivity contribution >= 4 is 0 Å². The van der Waals surface area contributed by atoms with Crippen LogP contribution in [-0.2, 0) is 6.54 Å². The summed E-state index contributed by atoms with van der Waals surface area (Å²) in [6.07, 6.45) is 14.1. The van der Waals surface area contributed by atoms with Crippen LogP contribution in [0.25, 0.3) is 0 Å². The minimum Gasteiger partial charge on any atom is -0.388 e. The Hall–Kier alpha value is -1.34. The van der Waals surface area contributed by atoms with Crippen LogP contribution in [0.4, 0.5) is 0 Å². The number of rotatable bonds is 3. The van der Waals surface area contributed by atoms with Crippen molar-refractivity contribution in [3.05, 3.63) is 18.0 Å². The molecule has 0 bridgehead atoms. The number of nitrogens with zero attached hydrogens (tertiary/aromatic N) is 3. The zero-order valence-corrected chi connectivity index (χ0v) is 20.8. The molecule has 0 aliphatic heterocycles. The van der Waals surface area contributed by atoms with E-state index in [9.17, 15) is 5.11 Å². The zero-order valence-electron chi connectivity index (χ0n) is 20.8. The maximum absolute atomic E-state index is 11.7. The lowest BCUT2D eigenvalue weighted by Crippen LogP contribution is -2.55. The summed E-state index contributed by atoms with van der Waals surface area (Å²) in [5.74, 6) is 5.45. The molecule has 1 aromatic rings. The Morgan fingerprint density at radius 2 is 1.84 bits per heavy atom. The highest BCUT2D eigenvalue weighted by Crippen LogP contribution is 2.68. The molecule has 0 amide bonds. The number of fused-ring (bicyclic) bond motifs is 5. The van der Waals surface area contributed by atoms with Gasteiger partial charge in [0.1, 0.15) is 6.07 Å². The zero-order chi connectivity index (χ0) is 22.9. The highest BCUT2D eigenvalue weighted by Gasteiger charge is 2.61. The van der Waals surface area contributed by atoms with E-state index in [1.165, 1.54) is 44.9 Å². The summed E-state index contributed by atoms with van der Waals surface area (Å²) in [7, 11) is 0.